The minimum atomic E-state index is -0.0428. The highest BCUT2D eigenvalue weighted by atomic mass is 16.5. The third kappa shape index (κ3) is 3.89. The SMILES string of the molecule is CN(C(=O)c1cccc(COc2ccc3ccccc3c2)c1)c1ccccc1. The molecular weight excluding hydrogens is 346 g/mol. The van der Waals surface area contributed by atoms with Gasteiger partial charge in [0.15, 0.2) is 0 Å². The number of nitrogens with zero attached hydrogens (tertiary/aromatic N) is 1. The van der Waals surface area contributed by atoms with Crippen molar-refractivity contribution >= 4 is 22.4 Å². The summed E-state index contributed by atoms with van der Waals surface area (Å²) in [6.07, 6.45) is 0. The Morgan fingerprint density at radius 1 is 0.786 bits per heavy atom. The zero-order chi connectivity index (χ0) is 19.3. The summed E-state index contributed by atoms with van der Waals surface area (Å²) in [5, 5.41) is 2.33. The summed E-state index contributed by atoms with van der Waals surface area (Å²) in [4.78, 5) is 14.5. The molecule has 0 spiro atoms. The summed E-state index contributed by atoms with van der Waals surface area (Å²) >= 11 is 0. The summed E-state index contributed by atoms with van der Waals surface area (Å²) in [5.41, 5.74) is 2.47. The Labute approximate surface area is 164 Å². The molecule has 0 heterocycles. The molecule has 0 aliphatic rings. The topological polar surface area (TPSA) is 29.5 Å². The van der Waals surface area contributed by atoms with Crippen molar-refractivity contribution < 1.29 is 9.53 Å². The number of ether oxygens (including phenoxy) is 1. The Kier molecular flexibility index (Phi) is 5.07. The minimum Gasteiger partial charge on any atom is -0.489 e. The van der Waals surface area contributed by atoms with E-state index >= 15 is 0 Å². The molecule has 0 unspecified atom stereocenters. The first kappa shape index (κ1) is 17.8. The molecule has 138 valence electrons. The molecule has 0 aliphatic carbocycles. The van der Waals surface area contributed by atoms with Crippen LogP contribution in [0.3, 0.4) is 0 Å². The van der Waals surface area contributed by atoms with Gasteiger partial charge < -0.3 is 9.64 Å². The molecule has 0 saturated heterocycles. The number of anilines is 1. The number of carbonyl (C=O) groups excluding carboxylic acids is 1. The summed E-state index contributed by atoms with van der Waals surface area (Å²) in [6.45, 7) is 0.411. The highest BCUT2D eigenvalue weighted by Gasteiger charge is 2.13. The average Bonchev–Trinajstić information content (AvgIpc) is 2.77. The van der Waals surface area contributed by atoms with Crippen LogP contribution in [-0.4, -0.2) is 13.0 Å². The highest BCUT2D eigenvalue weighted by molar-refractivity contribution is 6.05. The smallest absolute Gasteiger partial charge is 0.258 e. The van der Waals surface area contributed by atoms with E-state index < -0.39 is 0 Å². The second kappa shape index (κ2) is 7.97. The second-order valence-corrected chi connectivity index (χ2v) is 6.70. The normalized spacial score (nSPS) is 10.6. The van der Waals surface area contributed by atoms with Gasteiger partial charge in [-0.3, -0.25) is 4.79 Å². The summed E-state index contributed by atoms with van der Waals surface area (Å²) in [7, 11) is 1.79. The maximum absolute atomic E-state index is 12.8. The summed E-state index contributed by atoms with van der Waals surface area (Å²) in [5.74, 6) is 0.774. The van der Waals surface area contributed by atoms with Crippen LogP contribution in [0, 0.1) is 0 Å². The molecule has 28 heavy (non-hydrogen) atoms. The van der Waals surface area contributed by atoms with E-state index in [1.54, 1.807) is 11.9 Å². The van der Waals surface area contributed by atoms with Gasteiger partial charge in [0.1, 0.15) is 12.4 Å². The van der Waals surface area contributed by atoms with E-state index in [0.29, 0.717) is 12.2 Å². The molecule has 0 N–H and O–H groups in total. The second-order valence-electron chi connectivity index (χ2n) is 6.70. The first-order valence-electron chi connectivity index (χ1n) is 9.24. The minimum absolute atomic E-state index is 0.0428. The highest BCUT2D eigenvalue weighted by Crippen LogP contribution is 2.22. The van der Waals surface area contributed by atoms with Gasteiger partial charge in [0.2, 0.25) is 0 Å². The number of hydrogen-bond acceptors (Lipinski definition) is 2. The maximum atomic E-state index is 12.8. The number of rotatable bonds is 5. The van der Waals surface area contributed by atoms with Crippen molar-refractivity contribution in [2.24, 2.45) is 0 Å². The van der Waals surface area contributed by atoms with Crippen LogP contribution in [-0.2, 0) is 6.61 Å². The van der Waals surface area contributed by atoms with Crippen LogP contribution in [0.2, 0.25) is 0 Å². The van der Waals surface area contributed by atoms with E-state index in [2.05, 4.69) is 18.2 Å². The number of carbonyl (C=O) groups is 1. The molecule has 0 aliphatic heterocycles. The van der Waals surface area contributed by atoms with E-state index in [1.807, 2.05) is 78.9 Å². The van der Waals surface area contributed by atoms with Crippen LogP contribution in [0.15, 0.2) is 97.1 Å². The molecule has 0 saturated carbocycles. The summed E-state index contributed by atoms with van der Waals surface area (Å²) in [6, 6.07) is 31.5. The maximum Gasteiger partial charge on any atom is 0.258 e. The van der Waals surface area contributed by atoms with Gasteiger partial charge in [-0.25, -0.2) is 0 Å². The van der Waals surface area contributed by atoms with Gasteiger partial charge in [0.25, 0.3) is 5.91 Å². The number of fused-ring (bicyclic) bond motifs is 1. The van der Waals surface area contributed by atoms with Gasteiger partial charge in [-0.1, -0.05) is 60.7 Å². The lowest BCUT2D eigenvalue weighted by atomic mass is 10.1. The lowest BCUT2D eigenvalue weighted by Gasteiger charge is -2.17. The Morgan fingerprint density at radius 2 is 1.54 bits per heavy atom. The predicted molar refractivity (Wildman–Crippen MR) is 114 cm³/mol. The van der Waals surface area contributed by atoms with Crippen molar-refractivity contribution in [3.05, 3.63) is 108 Å². The molecule has 0 fully saturated rings. The van der Waals surface area contributed by atoms with E-state index in [9.17, 15) is 4.79 Å². The van der Waals surface area contributed by atoms with Gasteiger partial charge in [-0.2, -0.15) is 0 Å². The molecule has 0 radical (unpaired) electrons. The van der Waals surface area contributed by atoms with E-state index in [0.717, 1.165) is 22.4 Å². The van der Waals surface area contributed by atoms with Crippen LogP contribution in [0.1, 0.15) is 15.9 Å². The first-order valence-corrected chi connectivity index (χ1v) is 9.24. The summed E-state index contributed by atoms with van der Waals surface area (Å²) < 4.78 is 5.96. The molecule has 1 amide bonds. The van der Waals surface area contributed by atoms with Gasteiger partial charge >= 0.3 is 0 Å². The lowest BCUT2D eigenvalue weighted by Crippen LogP contribution is -2.26. The number of hydrogen-bond donors (Lipinski definition) is 0. The Morgan fingerprint density at radius 3 is 2.36 bits per heavy atom. The van der Waals surface area contributed by atoms with Crippen molar-refractivity contribution in [1.82, 2.24) is 0 Å². The molecule has 0 atom stereocenters. The fraction of sp³-hybridized carbons (Fsp3) is 0.0800. The molecule has 3 nitrogen and oxygen atoms in total. The van der Waals surface area contributed by atoms with Crippen molar-refractivity contribution in [3.8, 4) is 5.75 Å². The van der Waals surface area contributed by atoms with Gasteiger partial charge in [0.05, 0.1) is 0 Å². The lowest BCUT2D eigenvalue weighted by molar-refractivity contribution is 0.0993. The first-order chi connectivity index (χ1) is 13.7. The third-order valence-electron chi connectivity index (χ3n) is 4.75. The third-order valence-corrected chi connectivity index (χ3v) is 4.75. The monoisotopic (exact) mass is 367 g/mol. The van der Waals surface area contributed by atoms with Crippen molar-refractivity contribution in [2.75, 3.05) is 11.9 Å². The molecule has 0 bridgehead atoms. The van der Waals surface area contributed by atoms with Crippen LogP contribution in [0.5, 0.6) is 5.75 Å². The zero-order valence-electron chi connectivity index (χ0n) is 15.7. The van der Waals surface area contributed by atoms with Crippen LogP contribution in [0.4, 0.5) is 5.69 Å². The van der Waals surface area contributed by atoms with E-state index in [4.69, 9.17) is 4.74 Å². The van der Waals surface area contributed by atoms with Crippen LogP contribution >= 0.6 is 0 Å². The van der Waals surface area contributed by atoms with Crippen LogP contribution in [0.25, 0.3) is 10.8 Å². The van der Waals surface area contributed by atoms with E-state index in [1.165, 1.54) is 5.39 Å². The van der Waals surface area contributed by atoms with Crippen molar-refractivity contribution in [3.63, 3.8) is 0 Å². The Balaban J connectivity index is 1.48. The number of amides is 1. The molecule has 4 rings (SSSR count). The largest absolute Gasteiger partial charge is 0.489 e. The fourth-order valence-electron chi connectivity index (χ4n) is 3.18. The Hall–Kier alpha value is -3.59. The number of benzene rings is 4. The van der Waals surface area contributed by atoms with Gasteiger partial charge in [0, 0.05) is 18.3 Å². The molecule has 3 heteroatoms. The van der Waals surface area contributed by atoms with Crippen molar-refractivity contribution in [2.45, 2.75) is 6.61 Å². The molecule has 0 aromatic heterocycles. The number of para-hydroxylation sites is 1. The van der Waals surface area contributed by atoms with Gasteiger partial charge in [-0.05, 0) is 52.7 Å². The standard InChI is InChI=1S/C25H21NO2/c1-26(23-12-3-2-4-13-23)25(27)22-11-7-8-19(16-22)18-28-24-15-14-20-9-5-6-10-21(20)17-24/h2-17H,18H2,1H3. The van der Waals surface area contributed by atoms with Crippen molar-refractivity contribution in [1.29, 1.82) is 0 Å². The molecular formula is C25H21NO2. The van der Waals surface area contributed by atoms with Gasteiger partial charge in [-0.15, -0.1) is 0 Å². The molecule has 4 aromatic carbocycles. The molecule has 4 aromatic rings. The zero-order valence-corrected chi connectivity index (χ0v) is 15.7. The van der Waals surface area contributed by atoms with E-state index in [-0.39, 0.29) is 5.91 Å². The Bertz CT molecular complexity index is 1110. The average molecular weight is 367 g/mol. The predicted octanol–water partition coefficient (Wildman–Crippen LogP) is 5.70. The van der Waals surface area contributed by atoms with Crippen LogP contribution < -0.4 is 9.64 Å². The quantitative estimate of drug-likeness (QED) is 0.453. The fourth-order valence-corrected chi connectivity index (χ4v) is 3.18.